The molecule has 21 heavy (non-hydrogen) atoms. The quantitative estimate of drug-likeness (QED) is 0.924. The van der Waals surface area contributed by atoms with Crippen molar-refractivity contribution in [3.63, 3.8) is 0 Å². The lowest BCUT2D eigenvalue weighted by molar-refractivity contribution is 0.0696. The van der Waals surface area contributed by atoms with E-state index in [1.165, 1.54) is 36.1 Å². The highest BCUT2D eigenvalue weighted by Crippen LogP contribution is 2.31. The highest BCUT2D eigenvalue weighted by Gasteiger charge is 2.25. The SMILES string of the molecule is CNCC1CCN(C(=O)c2cc3c(s2)CCCC3)CC1.Cl. The largest absolute Gasteiger partial charge is 0.338 e. The van der Waals surface area contributed by atoms with Gasteiger partial charge in [-0.2, -0.15) is 0 Å². The van der Waals surface area contributed by atoms with Gasteiger partial charge in [-0.25, -0.2) is 0 Å². The van der Waals surface area contributed by atoms with Gasteiger partial charge < -0.3 is 10.2 Å². The third-order valence-corrected chi connectivity index (χ3v) is 5.83. The van der Waals surface area contributed by atoms with Crippen LogP contribution in [0.25, 0.3) is 0 Å². The van der Waals surface area contributed by atoms with Crippen molar-refractivity contribution >= 4 is 29.7 Å². The van der Waals surface area contributed by atoms with E-state index in [9.17, 15) is 4.79 Å². The first kappa shape index (κ1) is 16.8. The van der Waals surface area contributed by atoms with Crippen LogP contribution in [-0.4, -0.2) is 37.5 Å². The molecule has 0 atom stereocenters. The van der Waals surface area contributed by atoms with Crippen molar-refractivity contribution < 1.29 is 4.79 Å². The second-order valence-corrected chi connectivity index (χ2v) is 7.20. The van der Waals surface area contributed by atoms with Gasteiger partial charge in [0.1, 0.15) is 0 Å². The Morgan fingerprint density at radius 2 is 2.05 bits per heavy atom. The summed E-state index contributed by atoms with van der Waals surface area (Å²) in [5.74, 6) is 1.01. The zero-order valence-electron chi connectivity index (χ0n) is 12.7. The average molecular weight is 329 g/mol. The number of hydrogen-bond donors (Lipinski definition) is 1. The summed E-state index contributed by atoms with van der Waals surface area (Å²) in [6.45, 7) is 2.93. The first-order valence-corrected chi connectivity index (χ1v) is 8.65. The second kappa shape index (κ2) is 7.61. The van der Waals surface area contributed by atoms with Crippen molar-refractivity contribution in [2.24, 2.45) is 5.92 Å². The van der Waals surface area contributed by atoms with E-state index < -0.39 is 0 Å². The van der Waals surface area contributed by atoms with Gasteiger partial charge in [-0.15, -0.1) is 23.7 Å². The molecule has 1 saturated heterocycles. The second-order valence-electron chi connectivity index (χ2n) is 6.06. The molecule has 1 fully saturated rings. The van der Waals surface area contributed by atoms with Crippen molar-refractivity contribution in [3.05, 3.63) is 21.4 Å². The maximum atomic E-state index is 12.6. The Morgan fingerprint density at radius 3 is 2.71 bits per heavy atom. The fourth-order valence-corrected chi connectivity index (χ4v) is 4.60. The molecule has 0 aromatic carbocycles. The smallest absolute Gasteiger partial charge is 0.263 e. The summed E-state index contributed by atoms with van der Waals surface area (Å²) >= 11 is 1.74. The fourth-order valence-electron chi connectivity index (χ4n) is 3.38. The Bertz CT molecular complexity index is 457. The third kappa shape index (κ3) is 3.79. The van der Waals surface area contributed by atoms with Crippen LogP contribution in [0.1, 0.15) is 45.8 Å². The molecule has 1 aromatic rings. The normalized spacial score (nSPS) is 19.0. The van der Waals surface area contributed by atoms with Gasteiger partial charge >= 0.3 is 0 Å². The molecule has 1 aliphatic heterocycles. The van der Waals surface area contributed by atoms with Crippen LogP contribution in [0.2, 0.25) is 0 Å². The summed E-state index contributed by atoms with van der Waals surface area (Å²) in [5, 5.41) is 3.24. The van der Waals surface area contributed by atoms with Gasteiger partial charge in [-0.1, -0.05) is 0 Å². The molecule has 0 spiro atoms. The molecule has 5 heteroatoms. The molecule has 2 aliphatic rings. The minimum absolute atomic E-state index is 0. The van der Waals surface area contributed by atoms with Crippen LogP contribution in [0.5, 0.6) is 0 Å². The molecule has 3 nitrogen and oxygen atoms in total. The van der Waals surface area contributed by atoms with Crippen molar-refractivity contribution in [2.45, 2.75) is 38.5 Å². The van der Waals surface area contributed by atoms with Crippen LogP contribution in [0.4, 0.5) is 0 Å². The van der Waals surface area contributed by atoms with Gasteiger partial charge in [-0.05, 0) is 69.7 Å². The lowest BCUT2D eigenvalue weighted by Crippen LogP contribution is -2.40. The molecular weight excluding hydrogens is 304 g/mol. The van der Waals surface area contributed by atoms with Crippen LogP contribution in [-0.2, 0) is 12.8 Å². The summed E-state index contributed by atoms with van der Waals surface area (Å²) < 4.78 is 0. The monoisotopic (exact) mass is 328 g/mol. The van der Waals surface area contributed by atoms with Crippen LogP contribution in [0.15, 0.2) is 6.07 Å². The van der Waals surface area contributed by atoms with E-state index in [4.69, 9.17) is 0 Å². The van der Waals surface area contributed by atoms with E-state index in [0.717, 1.165) is 43.3 Å². The van der Waals surface area contributed by atoms with E-state index in [0.29, 0.717) is 0 Å². The number of likely N-dealkylation sites (tertiary alicyclic amines) is 1. The Hall–Kier alpha value is -0.580. The summed E-state index contributed by atoms with van der Waals surface area (Å²) in [4.78, 5) is 17.1. The number of hydrogen-bond acceptors (Lipinski definition) is 3. The standard InChI is InChI=1S/C16H24N2OS.ClH/c1-17-11-12-6-8-18(9-7-12)16(19)15-10-13-4-2-3-5-14(13)20-15;/h10,12,17H,2-9,11H2,1H3;1H. The average Bonchev–Trinajstić information content (AvgIpc) is 2.91. The summed E-state index contributed by atoms with van der Waals surface area (Å²) in [5.41, 5.74) is 1.44. The predicted octanol–water partition coefficient (Wildman–Crippen LogP) is 3.12. The van der Waals surface area contributed by atoms with E-state index in [-0.39, 0.29) is 18.3 Å². The molecule has 0 radical (unpaired) electrons. The van der Waals surface area contributed by atoms with Crippen LogP contribution in [0, 0.1) is 5.92 Å². The Kier molecular flexibility index (Phi) is 6.08. The highest BCUT2D eigenvalue weighted by molar-refractivity contribution is 7.14. The Labute approximate surface area is 137 Å². The van der Waals surface area contributed by atoms with Gasteiger partial charge in [0.25, 0.3) is 5.91 Å². The summed E-state index contributed by atoms with van der Waals surface area (Å²) in [6.07, 6.45) is 7.19. The molecule has 1 N–H and O–H groups in total. The maximum absolute atomic E-state index is 12.6. The van der Waals surface area contributed by atoms with Crippen molar-refractivity contribution in [3.8, 4) is 0 Å². The van der Waals surface area contributed by atoms with Crippen molar-refractivity contribution in [1.82, 2.24) is 10.2 Å². The highest BCUT2D eigenvalue weighted by atomic mass is 35.5. The van der Waals surface area contributed by atoms with Gasteiger partial charge in [0.2, 0.25) is 0 Å². The number of nitrogens with zero attached hydrogens (tertiary/aromatic N) is 1. The first-order chi connectivity index (χ1) is 9.78. The molecule has 0 unspecified atom stereocenters. The zero-order valence-corrected chi connectivity index (χ0v) is 14.3. The van der Waals surface area contributed by atoms with Crippen molar-refractivity contribution in [2.75, 3.05) is 26.7 Å². The number of halogens is 1. The number of fused-ring (bicyclic) bond motifs is 1. The number of rotatable bonds is 3. The molecule has 1 aliphatic carbocycles. The number of aryl methyl sites for hydroxylation is 2. The maximum Gasteiger partial charge on any atom is 0.263 e. The molecule has 3 rings (SSSR count). The zero-order chi connectivity index (χ0) is 13.9. The number of carbonyl (C=O) groups is 1. The summed E-state index contributed by atoms with van der Waals surface area (Å²) in [7, 11) is 2.01. The van der Waals surface area contributed by atoms with Crippen LogP contribution >= 0.6 is 23.7 Å². The Morgan fingerprint density at radius 1 is 1.33 bits per heavy atom. The van der Waals surface area contributed by atoms with Crippen LogP contribution < -0.4 is 5.32 Å². The van der Waals surface area contributed by atoms with E-state index in [2.05, 4.69) is 16.3 Å². The number of amides is 1. The topological polar surface area (TPSA) is 32.3 Å². The molecule has 0 saturated carbocycles. The number of carbonyl (C=O) groups excluding carboxylic acids is 1. The Balaban J connectivity index is 0.00000161. The molecule has 0 bridgehead atoms. The predicted molar refractivity (Wildman–Crippen MR) is 90.8 cm³/mol. The minimum Gasteiger partial charge on any atom is -0.338 e. The van der Waals surface area contributed by atoms with Gasteiger partial charge in [0.05, 0.1) is 4.88 Å². The molecule has 2 heterocycles. The van der Waals surface area contributed by atoms with Gasteiger partial charge in [-0.3, -0.25) is 4.79 Å². The lowest BCUT2D eigenvalue weighted by Gasteiger charge is -2.31. The lowest BCUT2D eigenvalue weighted by atomic mass is 9.96. The van der Waals surface area contributed by atoms with Crippen LogP contribution in [0.3, 0.4) is 0 Å². The van der Waals surface area contributed by atoms with E-state index in [1.54, 1.807) is 11.3 Å². The first-order valence-electron chi connectivity index (χ1n) is 7.83. The fraction of sp³-hybridized carbons (Fsp3) is 0.688. The molecule has 1 aromatic heterocycles. The van der Waals surface area contributed by atoms with Crippen molar-refractivity contribution in [1.29, 1.82) is 0 Å². The molecule has 1 amide bonds. The van der Waals surface area contributed by atoms with E-state index >= 15 is 0 Å². The molecule has 118 valence electrons. The minimum atomic E-state index is 0. The van der Waals surface area contributed by atoms with Gasteiger partial charge in [0, 0.05) is 18.0 Å². The molecular formula is C16H25ClN2OS. The summed E-state index contributed by atoms with van der Waals surface area (Å²) in [6, 6.07) is 2.17. The number of thiophene rings is 1. The number of nitrogens with one attached hydrogen (secondary N) is 1. The van der Waals surface area contributed by atoms with Gasteiger partial charge in [0.15, 0.2) is 0 Å². The number of piperidine rings is 1. The third-order valence-electron chi connectivity index (χ3n) is 4.60. The van der Waals surface area contributed by atoms with E-state index in [1.807, 2.05) is 7.05 Å².